The van der Waals surface area contributed by atoms with Crippen LogP contribution < -0.4 is 10.2 Å². The van der Waals surface area contributed by atoms with Gasteiger partial charge in [-0.1, -0.05) is 81.8 Å². The van der Waals surface area contributed by atoms with Gasteiger partial charge in [0.05, 0.1) is 11.3 Å². The van der Waals surface area contributed by atoms with Gasteiger partial charge in [0.25, 0.3) is 11.8 Å². The summed E-state index contributed by atoms with van der Waals surface area (Å²) in [4.78, 5) is 28.4. The maximum Gasteiger partial charge on any atom is 0.282 e. The lowest BCUT2D eigenvalue weighted by atomic mass is 9.87. The second-order valence-corrected chi connectivity index (χ2v) is 9.53. The second-order valence-electron chi connectivity index (χ2n) is 9.53. The summed E-state index contributed by atoms with van der Waals surface area (Å²) in [5, 5.41) is 3.24. The molecule has 0 saturated heterocycles. The van der Waals surface area contributed by atoms with E-state index in [0.717, 1.165) is 28.8 Å². The molecule has 0 spiro atoms. The van der Waals surface area contributed by atoms with E-state index in [-0.39, 0.29) is 17.2 Å². The first-order valence-electron chi connectivity index (χ1n) is 11.4. The van der Waals surface area contributed by atoms with Gasteiger partial charge in [-0.3, -0.25) is 9.59 Å². The quantitative estimate of drug-likeness (QED) is 0.479. The van der Waals surface area contributed by atoms with Gasteiger partial charge in [0.15, 0.2) is 0 Å². The Labute approximate surface area is 195 Å². The minimum atomic E-state index is -0.348. The molecule has 1 N–H and O–H groups in total. The number of carbonyl (C=O) groups is 2. The third kappa shape index (κ3) is 4.47. The molecular weight excluding hydrogens is 408 g/mol. The third-order valence-corrected chi connectivity index (χ3v) is 6.05. The molecule has 168 valence electrons. The highest BCUT2D eigenvalue weighted by atomic mass is 16.2. The van der Waals surface area contributed by atoms with Crippen molar-refractivity contribution < 1.29 is 9.59 Å². The van der Waals surface area contributed by atoms with E-state index in [2.05, 4.69) is 33.0 Å². The van der Waals surface area contributed by atoms with E-state index in [1.54, 1.807) is 0 Å². The lowest BCUT2D eigenvalue weighted by molar-refractivity contribution is -0.120. The molecule has 0 atom stereocenters. The number of benzene rings is 3. The van der Waals surface area contributed by atoms with Gasteiger partial charge in [-0.25, -0.2) is 4.90 Å². The van der Waals surface area contributed by atoms with E-state index >= 15 is 0 Å². The van der Waals surface area contributed by atoms with Crippen LogP contribution in [0.15, 0.2) is 78.5 Å². The van der Waals surface area contributed by atoms with Crippen molar-refractivity contribution in [3.8, 4) is 0 Å². The molecule has 0 aromatic heterocycles. The van der Waals surface area contributed by atoms with Crippen molar-refractivity contribution in [3.63, 3.8) is 0 Å². The zero-order valence-electron chi connectivity index (χ0n) is 19.9. The van der Waals surface area contributed by atoms with Crippen molar-refractivity contribution in [2.45, 2.75) is 46.5 Å². The van der Waals surface area contributed by atoms with Crippen molar-refractivity contribution in [2.24, 2.45) is 0 Å². The van der Waals surface area contributed by atoms with Crippen molar-refractivity contribution >= 4 is 28.8 Å². The lowest BCUT2D eigenvalue weighted by Crippen LogP contribution is -2.32. The molecule has 3 aromatic rings. The highest BCUT2D eigenvalue weighted by Gasteiger charge is 2.40. The summed E-state index contributed by atoms with van der Waals surface area (Å²) < 4.78 is 0. The van der Waals surface area contributed by atoms with Crippen molar-refractivity contribution in [2.75, 3.05) is 10.2 Å². The summed E-state index contributed by atoms with van der Waals surface area (Å²) in [5.74, 6) is -0.668. The van der Waals surface area contributed by atoms with Gasteiger partial charge in [-0.05, 0) is 59.7 Å². The van der Waals surface area contributed by atoms with E-state index in [1.165, 1.54) is 10.5 Å². The normalized spacial score (nSPS) is 14.3. The topological polar surface area (TPSA) is 49.4 Å². The number of imide groups is 1. The van der Waals surface area contributed by atoms with Crippen molar-refractivity contribution in [3.05, 3.63) is 101 Å². The standard InChI is InChI=1S/C29H30N2O2/c1-6-20-9-15-23(16-10-20)30-26-25(21-11-7-19(2)8-12-21)27(32)31(28(26)33)24-17-13-22(14-18-24)29(3,4)5/h7-18,30H,6H2,1-5H3. The summed E-state index contributed by atoms with van der Waals surface area (Å²) in [6, 6.07) is 23.3. The molecule has 3 aromatic carbocycles. The van der Waals surface area contributed by atoms with Gasteiger partial charge >= 0.3 is 0 Å². The summed E-state index contributed by atoms with van der Waals surface area (Å²) >= 11 is 0. The maximum absolute atomic E-state index is 13.6. The molecule has 0 saturated carbocycles. The molecule has 4 heteroatoms. The Bertz CT molecular complexity index is 1210. The lowest BCUT2D eigenvalue weighted by Gasteiger charge is -2.21. The minimum Gasteiger partial charge on any atom is -0.350 e. The Morgan fingerprint density at radius 3 is 1.94 bits per heavy atom. The molecule has 1 aliphatic rings. The Kier molecular flexibility index (Phi) is 5.94. The maximum atomic E-state index is 13.6. The summed E-state index contributed by atoms with van der Waals surface area (Å²) in [5.41, 5.74) is 6.19. The number of hydrogen-bond donors (Lipinski definition) is 1. The Balaban J connectivity index is 1.75. The molecule has 0 radical (unpaired) electrons. The number of amides is 2. The van der Waals surface area contributed by atoms with Crippen LogP contribution in [-0.4, -0.2) is 11.8 Å². The van der Waals surface area contributed by atoms with Gasteiger partial charge in [-0.15, -0.1) is 0 Å². The number of hydrogen-bond acceptors (Lipinski definition) is 3. The molecule has 1 aliphatic heterocycles. The van der Waals surface area contributed by atoms with Gasteiger partial charge in [0.2, 0.25) is 0 Å². The molecule has 1 heterocycles. The molecule has 33 heavy (non-hydrogen) atoms. The SMILES string of the molecule is CCc1ccc(NC2=C(c3ccc(C)cc3)C(=O)N(c3ccc(C(C)(C)C)cc3)C2=O)cc1. The van der Waals surface area contributed by atoms with Gasteiger partial charge in [0.1, 0.15) is 5.70 Å². The van der Waals surface area contributed by atoms with Crippen LogP contribution >= 0.6 is 0 Å². The number of aryl methyl sites for hydroxylation is 2. The highest BCUT2D eigenvalue weighted by molar-refractivity contribution is 6.46. The van der Waals surface area contributed by atoms with Crippen LogP contribution in [-0.2, 0) is 21.4 Å². The second kappa shape index (κ2) is 8.70. The Morgan fingerprint density at radius 1 is 0.788 bits per heavy atom. The molecule has 0 unspecified atom stereocenters. The first-order valence-corrected chi connectivity index (χ1v) is 11.4. The first kappa shape index (κ1) is 22.5. The largest absolute Gasteiger partial charge is 0.350 e. The van der Waals surface area contributed by atoms with E-state index in [9.17, 15) is 9.59 Å². The smallest absolute Gasteiger partial charge is 0.282 e. The number of carbonyl (C=O) groups excluding carboxylic acids is 2. The molecule has 4 rings (SSSR count). The van der Waals surface area contributed by atoms with E-state index in [1.807, 2.05) is 79.7 Å². The number of anilines is 2. The minimum absolute atomic E-state index is 0.0137. The van der Waals surface area contributed by atoms with Crippen molar-refractivity contribution in [1.82, 2.24) is 0 Å². The van der Waals surface area contributed by atoms with Crippen LogP contribution in [0, 0.1) is 6.92 Å². The van der Waals surface area contributed by atoms with E-state index < -0.39 is 0 Å². The van der Waals surface area contributed by atoms with Gasteiger partial charge in [0, 0.05) is 5.69 Å². The van der Waals surface area contributed by atoms with Gasteiger partial charge < -0.3 is 5.32 Å². The Morgan fingerprint density at radius 2 is 1.39 bits per heavy atom. The summed E-state index contributed by atoms with van der Waals surface area (Å²) in [7, 11) is 0. The van der Waals surface area contributed by atoms with Gasteiger partial charge in [-0.2, -0.15) is 0 Å². The summed E-state index contributed by atoms with van der Waals surface area (Å²) in [6.45, 7) is 10.5. The van der Waals surface area contributed by atoms with Crippen LogP contribution in [0.25, 0.3) is 5.57 Å². The zero-order valence-corrected chi connectivity index (χ0v) is 19.9. The predicted molar refractivity (Wildman–Crippen MR) is 135 cm³/mol. The van der Waals surface area contributed by atoms with Crippen LogP contribution in [0.1, 0.15) is 49.9 Å². The number of nitrogens with one attached hydrogen (secondary N) is 1. The number of rotatable bonds is 5. The molecule has 4 nitrogen and oxygen atoms in total. The third-order valence-electron chi connectivity index (χ3n) is 6.05. The molecule has 0 aliphatic carbocycles. The number of nitrogens with zero attached hydrogens (tertiary/aromatic N) is 1. The fourth-order valence-corrected chi connectivity index (χ4v) is 3.95. The first-order chi connectivity index (χ1) is 15.7. The molecule has 0 fully saturated rings. The van der Waals surface area contributed by atoms with Crippen molar-refractivity contribution in [1.29, 1.82) is 0 Å². The molecule has 0 bridgehead atoms. The average Bonchev–Trinajstić information content (AvgIpc) is 3.04. The van der Waals surface area contributed by atoms with E-state index in [0.29, 0.717) is 17.0 Å². The van der Waals surface area contributed by atoms with Crippen LogP contribution in [0.5, 0.6) is 0 Å². The van der Waals surface area contributed by atoms with Crippen LogP contribution in [0.3, 0.4) is 0 Å². The van der Waals surface area contributed by atoms with Crippen LogP contribution in [0.4, 0.5) is 11.4 Å². The molecular formula is C29H30N2O2. The predicted octanol–water partition coefficient (Wildman–Crippen LogP) is 6.25. The monoisotopic (exact) mass is 438 g/mol. The fraction of sp³-hybridized carbons (Fsp3) is 0.241. The molecule has 2 amide bonds. The Hall–Kier alpha value is -3.66. The van der Waals surface area contributed by atoms with E-state index in [4.69, 9.17) is 0 Å². The average molecular weight is 439 g/mol. The zero-order chi connectivity index (χ0) is 23.8. The van der Waals surface area contributed by atoms with Crippen LogP contribution in [0.2, 0.25) is 0 Å². The highest BCUT2D eigenvalue weighted by Crippen LogP contribution is 2.35. The fourth-order valence-electron chi connectivity index (χ4n) is 3.95. The summed E-state index contributed by atoms with van der Waals surface area (Å²) in [6.07, 6.45) is 0.938.